The van der Waals surface area contributed by atoms with E-state index >= 15 is 0 Å². The highest BCUT2D eigenvalue weighted by Crippen LogP contribution is 2.13. The summed E-state index contributed by atoms with van der Waals surface area (Å²) in [7, 11) is -3.69. The molecule has 1 amide bonds. The zero-order chi connectivity index (χ0) is 17.7. The molecule has 0 aliphatic heterocycles. The summed E-state index contributed by atoms with van der Waals surface area (Å²) >= 11 is 0. The molecule has 6 heteroatoms. The Hall–Kier alpha value is -2.18. The van der Waals surface area contributed by atoms with Gasteiger partial charge in [-0.1, -0.05) is 35.9 Å². The van der Waals surface area contributed by atoms with Gasteiger partial charge in [-0.15, -0.1) is 0 Å². The molecule has 0 saturated carbocycles. The van der Waals surface area contributed by atoms with Crippen molar-refractivity contribution in [1.82, 2.24) is 10.0 Å². The first kappa shape index (κ1) is 18.2. The minimum Gasteiger partial charge on any atom is -0.350 e. The lowest BCUT2D eigenvalue weighted by molar-refractivity contribution is 0.0943. The second-order valence-corrected chi connectivity index (χ2v) is 7.74. The Morgan fingerprint density at radius 3 is 2.46 bits per heavy atom. The number of hydrogen-bond donors (Lipinski definition) is 2. The largest absolute Gasteiger partial charge is 0.350 e. The van der Waals surface area contributed by atoms with E-state index in [2.05, 4.69) is 10.0 Å². The Labute approximate surface area is 143 Å². The first-order chi connectivity index (χ1) is 11.3. The van der Waals surface area contributed by atoms with Crippen LogP contribution in [0.25, 0.3) is 0 Å². The van der Waals surface area contributed by atoms with E-state index < -0.39 is 10.0 Å². The normalized spacial score (nSPS) is 11.5. The summed E-state index contributed by atoms with van der Waals surface area (Å²) < 4.78 is 27.5. The molecule has 0 aliphatic carbocycles. The fourth-order valence-corrected chi connectivity index (χ4v) is 3.30. The van der Waals surface area contributed by atoms with Crippen molar-refractivity contribution in [2.45, 2.75) is 38.3 Å². The molecule has 0 saturated heterocycles. The van der Waals surface area contributed by atoms with E-state index in [4.69, 9.17) is 0 Å². The van der Waals surface area contributed by atoms with E-state index in [0.717, 1.165) is 11.1 Å². The average molecular weight is 346 g/mol. The van der Waals surface area contributed by atoms with Crippen molar-refractivity contribution in [3.05, 3.63) is 65.2 Å². The van der Waals surface area contributed by atoms with Crippen LogP contribution in [0.5, 0.6) is 0 Å². The van der Waals surface area contributed by atoms with Gasteiger partial charge in [0.1, 0.15) is 0 Å². The second kappa shape index (κ2) is 7.59. The maximum absolute atomic E-state index is 12.4. The second-order valence-electron chi connectivity index (χ2n) is 5.97. The lowest BCUT2D eigenvalue weighted by Crippen LogP contribution is -2.30. The van der Waals surface area contributed by atoms with E-state index in [1.165, 1.54) is 12.1 Å². The van der Waals surface area contributed by atoms with Crippen molar-refractivity contribution < 1.29 is 13.2 Å². The van der Waals surface area contributed by atoms with Gasteiger partial charge in [0.05, 0.1) is 4.90 Å². The highest BCUT2D eigenvalue weighted by molar-refractivity contribution is 7.89. The van der Waals surface area contributed by atoms with Gasteiger partial charge >= 0.3 is 0 Å². The number of sulfonamides is 1. The predicted molar refractivity (Wildman–Crippen MR) is 94.2 cm³/mol. The maximum atomic E-state index is 12.4. The topological polar surface area (TPSA) is 75.3 Å². The third kappa shape index (κ3) is 4.91. The van der Waals surface area contributed by atoms with Crippen LogP contribution >= 0.6 is 0 Å². The summed E-state index contributed by atoms with van der Waals surface area (Å²) in [6, 6.07) is 13.6. The lowest BCUT2D eigenvalue weighted by atomic mass is 10.1. The number of nitrogens with one attached hydrogen (secondary N) is 2. The van der Waals surface area contributed by atoms with Crippen LogP contribution in [-0.2, 0) is 16.6 Å². The number of amides is 1. The molecule has 24 heavy (non-hydrogen) atoms. The number of carbonyl (C=O) groups excluding carboxylic acids is 1. The van der Waals surface area contributed by atoms with Crippen molar-refractivity contribution in [2.75, 3.05) is 0 Å². The summed E-state index contributed by atoms with van der Waals surface area (Å²) in [5.41, 5.74) is 2.27. The molecule has 0 atom stereocenters. The average Bonchev–Trinajstić information content (AvgIpc) is 2.53. The van der Waals surface area contributed by atoms with Crippen LogP contribution in [0.4, 0.5) is 0 Å². The van der Waals surface area contributed by atoms with E-state index in [1.54, 1.807) is 12.1 Å². The van der Waals surface area contributed by atoms with Crippen molar-refractivity contribution in [1.29, 1.82) is 0 Å². The van der Waals surface area contributed by atoms with E-state index in [1.807, 2.05) is 45.0 Å². The summed E-state index contributed by atoms with van der Waals surface area (Å²) in [5.74, 6) is -0.291. The standard InChI is InChI=1S/C18H22N2O3S/c1-13(2)20-18(21)16-8-5-9-17(11-16)24(22,23)19-12-15-7-4-6-14(3)10-15/h4-11,13,19H,12H2,1-3H3,(H,20,21). The third-order valence-corrected chi connectivity index (χ3v) is 4.77. The predicted octanol–water partition coefficient (Wildman–Crippen LogP) is 2.61. The SMILES string of the molecule is Cc1cccc(CNS(=O)(=O)c2cccc(C(=O)NC(C)C)c2)c1. The minimum atomic E-state index is -3.69. The van der Waals surface area contributed by atoms with Crippen LogP contribution in [0.15, 0.2) is 53.4 Å². The van der Waals surface area contributed by atoms with Crippen molar-refractivity contribution >= 4 is 15.9 Å². The molecule has 0 aromatic heterocycles. The molecule has 2 rings (SSSR count). The molecule has 2 aromatic carbocycles. The molecule has 2 N–H and O–H groups in total. The van der Waals surface area contributed by atoms with Gasteiger partial charge in [-0.2, -0.15) is 0 Å². The van der Waals surface area contributed by atoms with Gasteiger partial charge in [0.15, 0.2) is 0 Å². The first-order valence-electron chi connectivity index (χ1n) is 7.74. The van der Waals surface area contributed by atoms with Crippen LogP contribution in [0.3, 0.4) is 0 Å². The molecular formula is C18H22N2O3S. The van der Waals surface area contributed by atoms with Gasteiger partial charge < -0.3 is 5.32 Å². The summed E-state index contributed by atoms with van der Waals surface area (Å²) in [6.45, 7) is 5.85. The first-order valence-corrected chi connectivity index (χ1v) is 9.22. The summed E-state index contributed by atoms with van der Waals surface area (Å²) in [5, 5.41) is 2.75. The molecule has 0 unspecified atom stereocenters. The molecule has 5 nitrogen and oxygen atoms in total. The molecule has 128 valence electrons. The molecule has 0 spiro atoms. The smallest absolute Gasteiger partial charge is 0.251 e. The molecule has 0 radical (unpaired) electrons. The minimum absolute atomic E-state index is 0.0165. The van der Waals surface area contributed by atoms with E-state index in [9.17, 15) is 13.2 Å². The van der Waals surface area contributed by atoms with Gasteiger partial charge in [0.2, 0.25) is 10.0 Å². The van der Waals surface area contributed by atoms with E-state index in [-0.39, 0.29) is 23.4 Å². The maximum Gasteiger partial charge on any atom is 0.251 e. The Morgan fingerprint density at radius 1 is 1.08 bits per heavy atom. The molecule has 0 aliphatic rings. The van der Waals surface area contributed by atoms with Crippen LogP contribution in [-0.4, -0.2) is 20.4 Å². The zero-order valence-corrected chi connectivity index (χ0v) is 14.9. The van der Waals surface area contributed by atoms with Crippen LogP contribution < -0.4 is 10.0 Å². The number of carbonyl (C=O) groups is 1. The third-order valence-electron chi connectivity index (χ3n) is 3.38. The van der Waals surface area contributed by atoms with E-state index in [0.29, 0.717) is 5.56 Å². The Bertz CT molecular complexity index is 830. The molecule has 2 aromatic rings. The van der Waals surface area contributed by atoms with Crippen molar-refractivity contribution in [3.8, 4) is 0 Å². The van der Waals surface area contributed by atoms with Crippen LogP contribution in [0.1, 0.15) is 35.3 Å². The molecular weight excluding hydrogens is 324 g/mol. The van der Waals surface area contributed by atoms with Crippen molar-refractivity contribution in [3.63, 3.8) is 0 Å². The summed E-state index contributed by atoms with van der Waals surface area (Å²) in [6.07, 6.45) is 0. The molecule has 0 fully saturated rings. The van der Waals surface area contributed by atoms with Gasteiger partial charge in [0, 0.05) is 18.2 Å². The molecule has 0 heterocycles. The van der Waals surface area contributed by atoms with Gasteiger partial charge in [-0.25, -0.2) is 13.1 Å². The number of benzene rings is 2. The highest BCUT2D eigenvalue weighted by atomic mass is 32.2. The van der Waals surface area contributed by atoms with Crippen LogP contribution in [0.2, 0.25) is 0 Å². The Morgan fingerprint density at radius 2 is 1.79 bits per heavy atom. The number of aryl methyl sites for hydroxylation is 1. The lowest BCUT2D eigenvalue weighted by Gasteiger charge is -2.11. The van der Waals surface area contributed by atoms with Crippen LogP contribution in [0, 0.1) is 6.92 Å². The highest BCUT2D eigenvalue weighted by Gasteiger charge is 2.16. The monoisotopic (exact) mass is 346 g/mol. The quantitative estimate of drug-likeness (QED) is 0.844. The van der Waals surface area contributed by atoms with Gasteiger partial charge in [0.25, 0.3) is 5.91 Å². The van der Waals surface area contributed by atoms with Gasteiger partial charge in [-0.05, 0) is 44.5 Å². The Balaban J connectivity index is 2.15. The number of hydrogen-bond acceptors (Lipinski definition) is 3. The summed E-state index contributed by atoms with van der Waals surface area (Å²) in [4.78, 5) is 12.1. The van der Waals surface area contributed by atoms with Crippen molar-refractivity contribution in [2.24, 2.45) is 0 Å². The Kier molecular flexibility index (Phi) is 5.75. The molecule has 0 bridgehead atoms. The van der Waals surface area contributed by atoms with Gasteiger partial charge in [-0.3, -0.25) is 4.79 Å². The fourth-order valence-electron chi connectivity index (χ4n) is 2.23. The fraction of sp³-hybridized carbons (Fsp3) is 0.278. The number of rotatable bonds is 6. The zero-order valence-electron chi connectivity index (χ0n) is 14.0.